The van der Waals surface area contributed by atoms with E-state index in [1.807, 2.05) is 6.07 Å². The molecule has 3 heteroatoms. The van der Waals surface area contributed by atoms with Gasteiger partial charge >= 0.3 is 0 Å². The van der Waals surface area contributed by atoms with Crippen LogP contribution in [-0.2, 0) is 6.54 Å². The van der Waals surface area contributed by atoms with Crippen LogP contribution >= 0.6 is 0 Å². The minimum atomic E-state index is -0.185. The third kappa shape index (κ3) is 3.35. The van der Waals surface area contributed by atoms with E-state index < -0.39 is 0 Å². The Bertz CT molecular complexity index is 618. The molecule has 0 spiro atoms. The number of aryl methyl sites for hydroxylation is 1. The number of benzene rings is 2. The monoisotopic (exact) mass is 284 g/mol. The summed E-state index contributed by atoms with van der Waals surface area (Å²) in [5.41, 5.74) is 4.61. The average Bonchev–Trinajstić information content (AvgIpc) is 3.00. The van der Waals surface area contributed by atoms with E-state index in [-0.39, 0.29) is 5.82 Å². The molecule has 1 N–H and O–H groups in total. The quantitative estimate of drug-likeness (QED) is 0.898. The third-order valence-electron chi connectivity index (χ3n) is 4.05. The summed E-state index contributed by atoms with van der Waals surface area (Å²) in [6.45, 7) is 5.08. The van der Waals surface area contributed by atoms with Gasteiger partial charge in [0, 0.05) is 31.0 Å². The second kappa shape index (κ2) is 6.17. The standard InChI is InChI=1S/C18H21FN2/c1-14-11-17(21-9-2-3-10-21)7-8-18(14)20-13-15-5-4-6-16(19)12-15/h4-8,11-12,20H,2-3,9-10,13H2,1H3. The fourth-order valence-corrected chi connectivity index (χ4v) is 2.86. The van der Waals surface area contributed by atoms with Crippen molar-refractivity contribution in [1.82, 2.24) is 0 Å². The summed E-state index contributed by atoms with van der Waals surface area (Å²) < 4.78 is 13.2. The van der Waals surface area contributed by atoms with Gasteiger partial charge in [0.2, 0.25) is 0 Å². The highest BCUT2D eigenvalue weighted by molar-refractivity contribution is 5.60. The molecule has 1 aliphatic rings. The van der Waals surface area contributed by atoms with Crippen molar-refractivity contribution >= 4 is 11.4 Å². The molecule has 1 heterocycles. The van der Waals surface area contributed by atoms with Crippen molar-refractivity contribution in [3.63, 3.8) is 0 Å². The summed E-state index contributed by atoms with van der Waals surface area (Å²) in [5.74, 6) is -0.185. The summed E-state index contributed by atoms with van der Waals surface area (Å²) >= 11 is 0. The van der Waals surface area contributed by atoms with Crippen LogP contribution in [0, 0.1) is 12.7 Å². The summed E-state index contributed by atoms with van der Waals surface area (Å²) in [5, 5.41) is 3.39. The first-order valence-corrected chi connectivity index (χ1v) is 7.56. The summed E-state index contributed by atoms with van der Waals surface area (Å²) in [6.07, 6.45) is 2.58. The van der Waals surface area contributed by atoms with E-state index in [1.165, 1.54) is 30.2 Å². The molecule has 21 heavy (non-hydrogen) atoms. The maximum atomic E-state index is 13.2. The SMILES string of the molecule is Cc1cc(N2CCCC2)ccc1NCc1cccc(F)c1. The predicted molar refractivity (Wildman–Crippen MR) is 86.4 cm³/mol. The number of nitrogens with one attached hydrogen (secondary N) is 1. The molecule has 0 aliphatic carbocycles. The molecule has 110 valence electrons. The van der Waals surface area contributed by atoms with Crippen molar-refractivity contribution in [1.29, 1.82) is 0 Å². The van der Waals surface area contributed by atoms with Crippen LogP contribution in [-0.4, -0.2) is 13.1 Å². The van der Waals surface area contributed by atoms with Crippen LogP contribution in [0.1, 0.15) is 24.0 Å². The van der Waals surface area contributed by atoms with Gasteiger partial charge in [0.1, 0.15) is 5.82 Å². The number of hydrogen-bond acceptors (Lipinski definition) is 2. The molecule has 0 atom stereocenters. The van der Waals surface area contributed by atoms with E-state index in [0.29, 0.717) is 6.54 Å². The maximum absolute atomic E-state index is 13.2. The van der Waals surface area contributed by atoms with Crippen LogP contribution in [0.3, 0.4) is 0 Å². The first kappa shape index (κ1) is 13.9. The fraction of sp³-hybridized carbons (Fsp3) is 0.333. The van der Waals surface area contributed by atoms with Crippen molar-refractivity contribution in [3.05, 3.63) is 59.4 Å². The molecule has 1 aliphatic heterocycles. The molecular weight excluding hydrogens is 263 g/mol. The van der Waals surface area contributed by atoms with Crippen molar-refractivity contribution in [2.24, 2.45) is 0 Å². The minimum Gasteiger partial charge on any atom is -0.381 e. The van der Waals surface area contributed by atoms with Crippen molar-refractivity contribution in [2.75, 3.05) is 23.3 Å². The lowest BCUT2D eigenvalue weighted by Gasteiger charge is -2.19. The lowest BCUT2D eigenvalue weighted by molar-refractivity contribution is 0.626. The average molecular weight is 284 g/mol. The van der Waals surface area contributed by atoms with Crippen LogP contribution in [0.5, 0.6) is 0 Å². The van der Waals surface area contributed by atoms with Gasteiger partial charge in [-0.15, -0.1) is 0 Å². The number of halogens is 1. The van der Waals surface area contributed by atoms with Crippen LogP contribution in [0.25, 0.3) is 0 Å². The Balaban J connectivity index is 1.68. The topological polar surface area (TPSA) is 15.3 Å². The lowest BCUT2D eigenvalue weighted by atomic mass is 10.1. The molecule has 1 saturated heterocycles. The Morgan fingerprint density at radius 2 is 1.90 bits per heavy atom. The van der Waals surface area contributed by atoms with E-state index in [2.05, 4.69) is 35.3 Å². The Hall–Kier alpha value is -2.03. The van der Waals surface area contributed by atoms with Gasteiger partial charge in [0.25, 0.3) is 0 Å². The lowest BCUT2D eigenvalue weighted by Crippen LogP contribution is -2.17. The van der Waals surface area contributed by atoms with Gasteiger partial charge in [-0.3, -0.25) is 0 Å². The van der Waals surface area contributed by atoms with Gasteiger partial charge in [0.15, 0.2) is 0 Å². The third-order valence-corrected chi connectivity index (χ3v) is 4.05. The van der Waals surface area contributed by atoms with Gasteiger partial charge in [-0.2, -0.15) is 0 Å². The fourth-order valence-electron chi connectivity index (χ4n) is 2.86. The maximum Gasteiger partial charge on any atom is 0.123 e. The largest absolute Gasteiger partial charge is 0.381 e. The van der Waals surface area contributed by atoms with Crippen molar-refractivity contribution in [3.8, 4) is 0 Å². The van der Waals surface area contributed by atoms with E-state index in [4.69, 9.17) is 0 Å². The number of anilines is 2. The summed E-state index contributed by atoms with van der Waals surface area (Å²) in [7, 11) is 0. The zero-order valence-electron chi connectivity index (χ0n) is 12.4. The van der Waals surface area contributed by atoms with Crippen LogP contribution in [0.2, 0.25) is 0 Å². The molecule has 2 aromatic carbocycles. The van der Waals surface area contributed by atoms with Gasteiger partial charge in [-0.25, -0.2) is 4.39 Å². The van der Waals surface area contributed by atoms with E-state index >= 15 is 0 Å². The molecule has 0 bridgehead atoms. The highest BCUT2D eigenvalue weighted by Crippen LogP contribution is 2.25. The molecule has 1 fully saturated rings. The molecule has 0 radical (unpaired) electrons. The van der Waals surface area contributed by atoms with Gasteiger partial charge in [0.05, 0.1) is 0 Å². The Kier molecular flexibility index (Phi) is 4.09. The molecule has 0 aromatic heterocycles. The Labute approximate surface area is 125 Å². The van der Waals surface area contributed by atoms with E-state index in [0.717, 1.165) is 24.3 Å². The van der Waals surface area contributed by atoms with Crippen LogP contribution < -0.4 is 10.2 Å². The minimum absolute atomic E-state index is 0.185. The van der Waals surface area contributed by atoms with Crippen LogP contribution in [0.15, 0.2) is 42.5 Å². The molecular formula is C18H21FN2. The summed E-state index contributed by atoms with van der Waals surface area (Å²) in [4.78, 5) is 2.43. The first-order valence-electron chi connectivity index (χ1n) is 7.56. The van der Waals surface area contributed by atoms with Crippen molar-refractivity contribution in [2.45, 2.75) is 26.3 Å². The van der Waals surface area contributed by atoms with E-state index in [9.17, 15) is 4.39 Å². The normalized spacial score (nSPS) is 14.5. The molecule has 0 unspecified atom stereocenters. The highest BCUT2D eigenvalue weighted by atomic mass is 19.1. The number of hydrogen-bond donors (Lipinski definition) is 1. The summed E-state index contributed by atoms with van der Waals surface area (Å²) in [6, 6.07) is 13.3. The van der Waals surface area contributed by atoms with E-state index in [1.54, 1.807) is 12.1 Å². The second-order valence-electron chi connectivity index (χ2n) is 5.68. The zero-order chi connectivity index (χ0) is 14.7. The second-order valence-corrected chi connectivity index (χ2v) is 5.68. The van der Waals surface area contributed by atoms with Gasteiger partial charge < -0.3 is 10.2 Å². The van der Waals surface area contributed by atoms with Gasteiger partial charge in [-0.1, -0.05) is 12.1 Å². The first-order chi connectivity index (χ1) is 10.2. The molecule has 0 amide bonds. The smallest absolute Gasteiger partial charge is 0.123 e. The zero-order valence-corrected chi connectivity index (χ0v) is 12.4. The number of nitrogens with zero attached hydrogens (tertiary/aromatic N) is 1. The number of rotatable bonds is 4. The predicted octanol–water partition coefficient (Wildman–Crippen LogP) is 4.35. The Morgan fingerprint density at radius 3 is 2.62 bits per heavy atom. The molecule has 2 nitrogen and oxygen atoms in total. The molecule has 2 aromatic rings. The van der Waals surface area contributed by atoms with Crippen molar-refractivity contribution < 1.29 is 4.39 Å². The molecule has 0 saturated carbocycles. The molecule has 3 rings (SSSR count). The van der Waals surface area contributed by atoms with Crippen LogP contribution in [0.4, 0.5) is 15.8 Å². The van der Waals surface area contributed by atoms with Gasteiger partial charge in [-0.05, 0) is 61.2 Å². The highest BCUT2D eigenvalue weighted by Gasteiger charge is 2.12. The Morgan fingerprint density at radius 1 is 1.10 bits per heavy atom.